The van der Waals surface area contributed by atoms with E-state index < -0.39 is 23.2 Å². The highest BCUT2D eigenvalue weighted by Gasteiger charge is 2.14. The number of carbonyl (C=O) groups is 1. The maximum absolute atomic E-state index is 13.5. The van der Waals surface area contributed by atoms with Crippen molar-refractivity contribution in [2.45, 2.75) is 6.54 Å². The fourth-order valence-electron chi connectivity index (χ4n) is 1.54. The van der Waals surface area contributed by atoms with Crippen LogP contribution in [0.5, 0.6) is 0 Å². The number of carbonyl (C=O) groups excluding carboxylic acids is 1. The average molecular weight is 279 g/mol. The molecule has 0 spiro atoms. The first-order valence-corrected chi connectivity index (χ1v) is 5.62. The topological polar surface area (TPSA) is 92.9 Å². The molecular formula is C12H11F2N5O. The molecule has 1 aromatic carbocycles. The molecule has 0 bridgehead atoms. The predicted octanol–water partition coefficient (Wildman–Crippen LogP) is 0.970. The Morgan fingerprint density at radius 1 is 1.30 bits per heavy atom. The van der Waals surface area contributed by atoms with Gasteiger partial charge in [-0.25, -0.2) is 8.78 Å². The Morgan fingerprint density at radius 3 is 2.55 bits per heavy atom. The number of nitrogens with one attached hydrogen (secondary N) is 2. The Morgan fingerprint density at radius 2 is 2.00 bits per heavy atom. The van der Waals surface area contributed by atoms with Crippen LogP contribution in [0.15, 0.2) is 30.5 Å². The number of halogens is 2. The summed E-state index contributed by atoms with van der Waals surface area (Å²) in [6.07, 6.45) is 1.49. The maximum Gasteiger partial charge on any atom is 0.251 e. The van der Waals surface area contributed by atoms with Gasteiger partial charge in [0.15, 0.2) is 11.6 Å². The number of nitrogens with two attached hydrogens (primary N) is 1. The standard InChI is InChI=1S/C12H11F2N5O/c13-9-4-7(5-10(14)11(9)18-15)12(20)16-6-8-2-1-3-17-19-8/h1-5,18H,6,15H2,(H,16,20). The van der Waals surface area contributed by atoms with Crippen LogP contribution >= 0.6 is 0 Å². The Hall–Kier alpha value is -2.61. The largest absolute Gasteiger partial charge is 0.346 e. The van der Waals surface area contributed by atoms with Gasteiger partial charge in [0.1, 0.15) is 5.69 Å². The first-order chi connectivity index (χ1) is 9.61. The van der Waals surface area contributed by atoms with Crippen molar-refractivity contribution in [2.24, 2.45) is 5.84 Å². The van der Waals surface area contributed by atoms with Crippen molar-refractivity contribution in [3.63, 3.8) is 0 Å². The van der Waals surface area contributed by atoms with Crippen LogP contribution in [-0.2, 0) is 6.54 Å². The van der Waals surface area contributed by atoms with Gasteiger partial charge in [0.25, 0.3) is 5.91 Å². The van der Waals surface area contributed by atoms with E-state index in [0.717, 1.165) is 12.1 Å². The molecule has 8 heteroatoms. The monoisotopic (exact) mass is 279 g/mol. The van der Waals surface area contributed by atoms with E-state index in [1.807, 2.05) is 5.43 Å². The average Bonchev–Trinajstić information content (AvgIpc) is 2.45. The van der Waals surface area contributed by atoms with Crippen LogP contribution in [0.3, 0.4) is 0 Å². The van der Waals surface area contributed by atoms with E-state index in [-0.39, 0.29) is 12.1 Å². The lowest BCUT2D eigenvalue weighted by atomic mass is 10.1. The van der Waals surface area contributed by atoms with E-state index in [1.54, 1.807) is 12.1 Å². The number of hydrogen-bond donors (Lipinski definition) is 3. The van der Waals surface area contributed by atoms with E-state index in [2.05, 4.69) is 15.5 Å². The summed E-state index contributed by atoms with van der Waals surface area (Å²) in [5, 5.41) is 9.89. The summed E-state index contributed by atoms with van der Waals surface area (Å²) < 4.78 is 26.9. The zero-order chi connectivity index (χ0) is 14.5. The lowest BCUT2D eigenvalue weighted by molar-refractivity contribution is 0.0949. The number of nitrogens with zero attached hydrogens (tertiary/aromatic N) is 2. The molecule has 0 saturated carbocycles. The molecule has 2 aromatic rings. The first-order valence-electron chi connectivity index (χ1n) is 5.62. The maximum atomic E-state index is 13.5. The lowest BCUT2D eigenvalue weighted by Crippen LogP contribution is -2.24. The fourth-order valence-corrected chi connectivity index (χ4v) is 1.54. The van der Waals surface area contributed by atoms with Gasteiger partial charge in [-0.05, 0) is 24.3 Å². The van der Waals surface area contributed by atoms with Gasteiger partial charge in [-0.15, -0.1) is 0 Å². The third-order valence-electron chi connectivity index (χ3n) is 2.51. The molecule has 4 N–H and O–H groups in total. The Bertz CT molecular complexity index is 597. The van der Waals surface area contributed by atoms with Crippen molar-refractivity contribution in [1.29, 1.82) is 0 Å². The summed E-state index contributed by atoms with van der Waals surface area (Å²) in [5.74, 6) is 2.44. The number of anilines is 1. The number of hydrogen-bond acceptors (Lipinski definition) is 5. The minimum atomic E-state index is -0.947. The molecule has 0 radical (unpaired) electrons. The highest BCUT2D eigenvalue weighted by molar-refractivity contribution is 5.94. The number of benzene rings is 1. The molecule has 0 atom stereocenters. The van der Waals surface area contributed by atoms with Crippen LogP contribution in [0.4, 0.5) is 14.5 Å². The molecule has 1 aromatic heterocycles. The zero-order valence-electron chi connectivity index (χ0n) is 10.2. The molecule has 2 rings (SSSR count). The number of nitrogen functional groups attached to an aromatic ring is 1. The minimum Gasteiger partial charge on any atom is -0.346 e. The molecule has 6 nitrogen and oxygen atoms in total. The van der Waals surface area contributed by atoms with Crippen LogP contribution in [0.25, 0.3) is 0 Å². The van der Waals surface area contributed by atoms with Gasteiger partial charge in [-0.2, -0.15) is 10.2 Å². The second-order valence-electron chi connectivity index (χ2n) is 3.86. The molecule has 0 aliphatic heterocycles. The summed E-state index contributed by atoms with van der Waals surface area (Å²) >= 11 is 0. The van der Waals surface area contributed by atoms with Crippen molar-refractivity contribution in [3.8, 4) is 0 Å². The molecule has 20 heavy (non-hydrogen) atoms. The molecule has 0 aliphatic rings. The molecular weight excluding hydrogens is 268 g/mol. The second kappa shape index (κ2) is 6.02. The summed E-state index contributed by atoms with van der Waals surface area (Å²) in [4.78, 5) is 11.8. The number of hydrazine groups is 1. The Labute approximate surface area is 113 Å². The highest BCUT2D eigenvalue weighted by atomic mass is 19.1. The van der Waals surface area contributed by atoms with Gasteiger partial charge in [0.05, 0.1) is 12.2 Å². The van der Waals surface area contributed by atoms with E-state index in [1.165, 1.54) is 6.20 Å². The number of amides is 1. The van der Waals surface area contributed by atoms with Crippen LogP contribution < -0.4 is 16.6 Å². The SMILES string of the molecule is NNc1c(F)cc(C(=O)NCc2cccnn2)cc1F. The van der Waals surface area contributed by atoms with Gasteiger partial charge in [0.2, 0.25) is 0 Å². The molecule has 0 aliphatic carbocycles. The van der Waals surface area contributed by atoms with Gasteiger partial charge in [-0.3, -0.25) is 10.6 Å². The molecule has 0 saturated heterocycles. The Balaban J connectivity index is 2.10. The molecule has 0 unspecified atom stereocenters. The molecule has 0 fully saturated rings. The van der Waals surface area contributed by atoms with Crippen molar-refractivity contribution >= 4 is 11.6 Å². The zero-order valence-corrected chi connectivity index (χ0v) is 10.2. The lowest BCUT2D eigenvalue weighted by Gasteiger charge is -2.08. The number of rotatable bonds is 4. The quantitative estimate of drug-likeness (QED) is 0.573. The predicted molar refractivity (Wildman–Crippen MR) is 67.4 cm³/mol. The summed E-state index contributed by atoms with van der Waals surface area (Å²) in [6, 6.07) is 5.11. The molecule has 1 amide bonds. The van der Waals surface area contributed by atoms with Crippen LogP contribution in [0, 0.1) is 11.6 Å². The summed E-state index contributed by atoms with van der Waals surface area (Å²) in [7, 11) is 0. The highest BCUT2D eigenvalue weighted by Crippen LogP contribution is 2.19. The Kier molecular flexibility index (Phi) is 4.16. The van der Waals surface area contributed by atoms with Crippen molar-refractivity contribution in [3.05, 3.63) is 53.4 Å². The molecule has 104 valence electrons. The van der Waals surface area contributed by atoms with E-state index >= 15 is 0 Å². The summed E-state index contributed by atoms with van der Waals surface area (Å²) in [5.41, 5.74) is 1.78. The minimum absolute atomic E-state index is 0.104. The third-order valence-corrected chi connectivity index (χ3v) is 2.51. The smallest absolute Gasteiger partial charge is 0.251 e. The van der Waals surface area contributed by atoms with E-state index in [4.69, 9.17) is 5.84 Å². The van der Waals surface area contributed by atoms with Gasteiger partial charge in [-0.1, -0.05) is 0 Å². The van der Waals surface area contributed by atoms with E-state index in [9.17, 15) is 13.6 Å². The molecule has 1 heterocycles. The van der Waals surface area contributed by atoms with Crippen LogP contribution in [0.1, 0.15) is 16.1 Å². The number of aromatic nitrogens is 2. The van der Waals surface area contributed by atoms with Gasteiger partial charge in [0, 0.05) is 11.8 Å². The van der Waals surface area contributed by atoms with Crippen LogP contribution in [-0.4, -0.2) is 16.1 Å². The normalized spacial score (nSPS) is 10.2. The van der Waals surface area contributed by atoms with Gasteiger partial charge >= 0.3 is 0 Å². The van der Waals surface area contributed by atoms with Gasteiger partial charge < -0.3 is 10.7 Å². The van der Waals surface area contributed by atoms with Crippen molar-refractivity contribution in [1.82, 2.24) is 15.5 Å². The van der Waals surface area contributed by atoms with Crippen molar-refractivity contribution in [2.75, 3.05) is 5.43 Å². The summed E-state index contributed by atoms with van der Waals surface area (Å²) in [6.45, 7) is 0.104. The van der Waals surface area contributed by atoms with E-state index in [0.29, 0.717) is 5.69 Å². The van der Waals surface area contributed by atoms with Crippen LogP contribution in [0.2, 0.25) is 0 Å². The fraction of sp³-hybridized carbons (Fsp3) is 0.0833. The third kappa shape index (κ3) is 3.04. The van der Waals surface area contributed by atoms with Crippen molar-refractivity contribution < 1.29 is 13.6 Å². The second-order valence-corrected chi connectivity index (χ2v) is 3.86. The first kappa shape index (κ1) is 13.8.